The van der Waals surface area contributed by atoms with Gasteiger partial charge in [0.05, 0.1) is 0 Å². The zero-order valence-electron chi connectivity index (χ0n) is 12.5. The standard InChI is InChI=1S/C18H24/c1-12(2)17-13(3)16(18(4,5)6)11-14-9-7-8-10-15(14)17/h7-10H,11H2,1-6H3. The van der Waals surface area contributed by atoms with Crippen molar-refractivity contribution in [2.45, 2.75) is 48.0 Å². The van der Waals surface area contributed by atoms with Crippen molar-refractivity contribution >= 4 is 5.57 Å². The number of rotatable bonds is 0. The number of hydrogen-bond acceptors (Lipinski definition) is 0. The molecule has 96 valence electrons. The van der Waals surface area contributed by atoms with E-state index < -0.39 is 0 Å². The van der Waals surface area contributed by atoms with E-state index in [4.69, 9.17) is 0 Å². The van der Waals surface area contributed by atoms with Gasteiger partial charge in [-0.2, -0.15) is 0 Å². The van der Waals surface area contributed by atoms with Crippen molar-refractivity contribution in [3.05, 3.63) is 52.1 Å². The summed E-state index contributed by atoms with van der Waals surface area (Å²) in [6.45, 7) is 13.7. The monoisotopic (exact) mass is 240 g/mol. The molecule has 0 heteroatoms. The Morgan fingerprint density at radius 1 is 1.06 bits per heavy atom. The van der Waals surface area contributed by atoms with E-state index in [0.717, 1.165) is 6.42 Å². The zero-order valence-corrected chi connectivity index (χ0v) is 12.5. The van der Waals surface area contributed by atoms with E-state index in [1.165, 1.54) is 27.8 Å². The molecule has 0 saturated carbocycles. The summed E-state index contributed by atoms with van der Waals surface area (Å²) in [6, 6.07) is 8.84. The van der Waals surface area contributed by atoms with Crippen molar-refractivity contribution in [1.29, 1.82) is 0 Å². The first-order valence-electron chi connectivity index (χ1n) is 6.78. The van der Waals surface area contributed by atoms with Crippen molar-refractivity contribution in [1.82, 2.24) is 0 Å². The summed E-state index contributed by atoms with van der Waals surface area (Å²) in [7, 11) is 0. The highest BCUT2D eigenvalue weighted by molar-refractivity contribution is 5.85. The van der Waals surface area contributed by atoms with Crippen LogP contribution in [0.4, 0.5) is 0 Å². The highest BCUT2D eigenvalue weighted by Gasteiger charge is 2.27. The summed E-state index contributed by atoms with van der Waals surface area (Å²) in [5, 5.41) is 0. The molecule has 1 aromatic rings. The van der Waals surface area contributed by atoms with Crippen molar-refractivity contribution in [3.8, 4) is 0 Å². The van der Waals surface area contributed by atoms with E-state index in [9.17, 15) is 0 Å². The van der Waals surface area contributed by atoms with Gasteiger partial charge < -0.3 is 0 Å². The molecule has 2 rings (SSSR count). The van der Waals surface area contributed by atoms with E-state index in [0.29, 0.717) is 0 Å². The highest BCUT2D eigenvalue weighted by Crippen LogP contribution is 2.43. The van der Waals surface area contributed by atoms with Gasteiger partial charge in [0.1, 0.15) is 0 Å². The van der Waals surface area contributed by atoms with E-state index in [1.807, 2.05) is 0 Å². The number of hydrogen-bond donors (Lipinski definition) is 0. The minimum atomic E-state index is 0.248. The third kappa shape index (κ3) is 2.16. The van der Waals surface area contributed by atoms with Gasteiger partial charge in [-0.15, -0.1) is 0 Å². The van der Waals surface area contributed by atoms with Crippen LogP contribution in [0.3, 0.4) is 0 Å². The Morgan fingerprint density at radius 2 is 1.67 bits per heavy atom. The highest BCUT2D eigenvalue weighted by atomic mass is 14.3. The van der Waals surface area contributed by atoms with E-state index in [-0.39, 0.29) is 5.41 Å². The largest absolute Gasteiger partial charge is 0.0683 e. The van der Waals surface area contributed by atoms with Gasteiger partial charge >= 0.3 is 0 Å². The van der Waals surface area contributed by atoms with Gasteiger partial charge in [0.2, 0.25) is 0 Å². The molecule has 1 aliphatic rings. The molecule has 0 spiro atoms. The Hall–Kier alpha value is -1.30. The summed E-state index contributed by atoms with van der Waals surface area (Å²) in [4.78, 5) is 0. The fourth-order valence-electron chi connectivity index (χ4n) is 3.07. The third-order valence-electron chi connectivity index (χ3n) is 3.89. The topological polar surface area (TPSA) is 0 Å². The molecule has 0 nitrogen and oxygen atoms in total. The van der Waals surface area contributed by atoms with Crippen LogP contribution in [0.5, 0.6) is 0 Å². The summed E-state index contributed by atoms with van der Waals surface area (Å²) >= 11 is 0. The van der Waals surface area contributed by atoms with Gasteiger partial charge in [0.15, 0.2) is 0 Å². The SMILES string of the molecule is CC(C)=C1C(C)=C(C(C)(C)C)Cc2ccccc21. The van der Waals surface area contributed by atoms with E-state index >= 15 is 0 Å². The van der Waals surface area contributed by atoms with Crippen LogP contribution in [0, 0.1) is 5.41 Å². The number of allylic oxidation sites excluding steroid dienone is 4. The van der Waals surface area contributed by atoms with Crippen LogP contribution in [0.2, 0.25) is 0 Å². The predicted octanol–water partition coefficient (Wildman–Crippen LogP) is 5.40. The second kappa shape index (κ2) is 4.42. The van der Waals surface area contributed by atoms with Crippen LogP contribution in [0.25, 0.3) is 5.57 Å². The summed E-state index contributed by atoms with van der Waals surface area (Å²) in [5.41, 5.74) is 9.10. The van der Waals surface area contributed by atoms with Crippen molar-refractivity contribution < 1.29 is 0 Å². The first-order valence-corrected chi connectivity index (χ1v) is 6.78. The maximum Gasteiger partial charge on any atom is -0.00497 e. The lowest BCUT2D eigenvalue weighted by Crippen LogP contribution is -2.18. The van der Waals surface area contributed by atoms with Crippen LogP contribution >= 0.6 is 0 Å². The van der Waals surface area contributed by atoms with Crippen LogP contribution in [-0.2, 0) is 6.42 Å². The molecule has 0 atom stereocenters. The molecule has 0 N–H and O–H groups in total. The molecule has 1 aliphatic carbocycles. The Morgan fingerprint density at radius 3 is 2.22 bits per heavy atom. The van der Waals surface area contributed by atoms with Gasteiger partial charge in [-0.05, 0) is 54.9 Å². The van der Waals surface area contributed by atoms with Gasteiger partial charge in [0, 0.05) is 0 Å². The molecule has 0 saturated heterocycles. The van der Waals surface area contributed by atoms with E-state index in [1.54, 1.807) is 5.57 Å². The molecule has 1 aromatic carbocycles. The normalized spacial score (nSPS) is 15.8. The van der Waals surface area contributed by atoms with E-state index in [2.05, 4.69) is 65.8 Å². The van der Waals surface area contributed by atoms with Gasteiger partial charge in [-0.1, -0.05) is 56.2 Å². The lowest BCUT2D eigenvalue weighted by atomic mass is 9.72. The Bertz CT molecular complexity index is 529. The van der Waals surface area contributed by atoms with Crippen LogP contribution < -0.4 is 0 Å². The maximum atomic E-state index is 2.32. The quantitative estimate of drug-likeness (QED) is 0.569. The lowest BCUT2D eigenvalue weighted by Gasteiger charge is -2.33. The maximum absolute atomic E-state index is 2.32. The first-order chi connectivity index (χ1) is 8.32. The fourth-order valence-corrected chi connectivity index (χ4v) is 3.07. The fraction of sp³-hybridized carbons (Fsp3) is 0.444. The second-order valence-electron chi connectivity index (χ2n) is 6.56. The van der Waals surface area contributed by atoms with Gasteiger partial charge in [-0.25, -0.2) is 0 Å². The molecular weight excluding hydrogens is 216 g/mol. The second-order valence-corrected chi connectivity index (χ2v) is 6.56. The summed E-state index contributed by atoms with van der Waals surface area (Å²) < 4.78 is 0. The van der Waals surface area contributed by atoms with Gasteiger partial charge in [0.25, 0.3) is 0 Å². The minimum absolute atomic E-state index is 0.248. The van der Waals surface area contributed by atoms with Crippen molar-refractivity contribution in [2.24, 2.45) is 5.41 Å². The molecule has 0 fully saturated rings. The Balaban J connectivity index is 2.71. The Kier molecular flexibility index (Phi) is 3.23. The molecule has 0 amide bonds. The van der Waals surface area contributed by atoms with Gasteiger partial charge in [-0.3, -0.25) is 0 Å². The lowest BCUT2D eigenvalue weighted by molar-refractivity contribution is 0.486. The van der Waals surface area contributed by atoms with Crippen molar-refractivity contribution in [3.63, 3.8) is 0 Å². The number of fused-ring (bicyclic) bond motifs is 1. The molecule has 0 unspecified atom stereocenters. The summed E-state index contributed by atoms with van der Waals surface area (Å²) in [6.07, 6.45) is 1.10. The van der Waals surface area contributed by atoms with Crippen LogP contribution in [0.15, 0.2) is 41.0 Å². The minimum Gasteiger partial charge on any atom is -0.0683 e. The third-order valence-corrected chi connectivity index (χ3v) is 3.89. The molecular formula is C18H24. The average Bonchev–Trinajstić information content (AvgIpc) is 2.26. The van der Waals surface area contributed by atoms with Crippen molar-refractivity contribution in [2.75, 3.05) is 0 Å². The average molecular weight is 240 g/mol. The van der Waals surface area contributed by atoms with Crippen LogP contribution in [-0.4, -0.2) is 0 Å². The predicted molar refractivity (Wildman–Crippen MR) is 80.6 cm³/mol. The smallest absolute Gasteiger partial charge is 0.00497 e. The van der Waals surface area contributed by atoms with Crippen LogP contribution in [0.1, 0.15) is 52.7 Å². The first kappa shape index (κ1) is 13.1. The number of benzene rings is 1. The zero-order chi connectivity index (χ0) is 13.5. The summed E-state index contributed by atoms with van der Waals surface area (Å²) in [5.74, 6) is 0. The molecule has 18 heavy (non-hydrogen) atoms. The molecule has 0 aliphatic heterocycles. The molecule has 0 radical (unpaired) electrons. The Labute approximate surface area is 111 Å². The molecule has 0 aromatic heterocycles. The molecule has 0 bridgehead atoms. The molecule has 0 heterocycles.